The molecule has 0 aliphatic carbocycles. The van der Waals surface area contributed by atoms with Crippen LogP contribution in [0.2, 0.25) is 0 Å². The van der Waals surface area contributed by atoms with Crippen LogP contribution in [0.1, 0.15) is 61.4 Å². The van der Waals surface area contributed by atoms with E-state index in [1.54, 1.807) is 0 Å². The molecule has 0 amide bonds. The van der Waals surface area contributed by atoms with E-state index in [9.17, 15) is 9.59 Å². The molecule has 4 rings (SSSR count). The van der Waals surface area contributed by atoms with E-state index < -0.39 is 0 Å². The van der Waals surface area contributed by atoms with E-state index in [0.29, 0.717) is 22.3 Å². The first-order chi connectivity index (χ1) is 15.0. The second-order valence-corrected chi connectivity index (χ2v) is 7.89. The molecule has 3 heteroatoms. The maximum Gasteiger partial charge on any atom is 0.193 e. The molecule has 1 aliphatic rings. The molecule has 0 saturated carbocycles. The van der Waals surface area contributed by atoms with Crippen LogP contribution in [0, 0.1) is 20.8 Å². The molecule has 3 nitrogen and oxygen atoms in total. The Labute approximate surface area is 183 Å². The number of hydrogen-bond donors (Lipinski definition) is 0. The van der Waals surface area contributed by atoms with Crippen LogP contribution in [-0.2, 0) is 0 Å². The zero-order valence-electron chi connectivity index (χ0n) is 18.1. The number of rotatable bonds is 5. The van der Waals surface area contributed by atoms with E-state index in [2.05, 4.69) is 11.1 Å². The molecule has 0 saturated heterocycles. The molecular formula is C28H25NO2. The van der Waals surface area contributed by atoms with E-state index in [0.717, 1.165) is 52.6 Å². The van der Waals surface area contributed by atoms with Crippen LogP contribution in [0.5, 0.6) is 0 Å². The van der Waals surface area contributed by atoms with Crippen molar-refractivity contribution >= 4 is 24.0 Å². The zero-order valence-corrected chi connectivity index (χ0v) is 18.1. The van der Waals surface area contributed by atoms with Crippen LogP contribution >= 0.6 is 0 Å². The summed E-state index contributed by atoms with van der Waals surface area (Å²) < 4.78 is 0. The van der Waals surface area contributed by atoms with Gasteiger partial charge in [-0.05, 0) is 55.9 Å². The number of carbonyl (C=O) groups is 2. The summed E-state index contributed by atoms with van der Waals surface area (Å²) in [4.78, 5) is 30.6. The molecular weight excluding hydrogens is 382 g/mol. The third-order valence-electron chi connectivity index (χ3n) is 5.97. The largest absolute Gasteiger partial charge is 0.298 e. The molecule has 0 radical (unpaired) electrons. The van der Waals surface area contributed by atoms with Crippen molar-refractivity contribution in [2.75, 3.05) is 0 Å². The fourth-order valence-corrected chi connectivity index (χ4v) is 4.36. The molecule has 0 atom stereocenters. The van der Waals surface area contributed by atoms with Crippen molar-refractivity contribution in [2.24, 2.45) is 4.99 Å². The van der Waals surface area contributed by atoms with Gasteiger partial charge in [-0.3, -0.25) is 14.6 Å². The topological polar surface area (TPSA) is 46.5 Å². The van der Waals surface area contributed by atoms with Gasteiger partial charge in [0.05, 0.1) is 5.70 Å². The van der Waals surface area contributed by atoms with Gasteiger partial charge in [0, 0.05) is 34.0 Å². The van der Waals surface area contributed by atoms with Gasteiger partial charge in [-0.2, -0.15) is 0 Å². The second-order valence-electron chi connectivity index (χ2n) is 7.89. The third-order valence-corrected chi connectivity index (χ3v) is 5.97. The number of benzene rings is 3. The maximum absolute atomic E-state index is 13.8. The monoisotopic (exact) mass is 407 g/mol. The van der Waals surface area contributed by atoms with Crippen LogP contribution < -0.4 is 0 Å². The normalized spacial score (nSPS) is 13.1. The highest BCUT2D eigenvalue weighted by molar-refractivity contribution is 6.16. The molecule has 1 aliphatic heterocycles. The maximum atomic E-state index is 13.8. The lowest BCUT2D eigenvalue weighted by molar-refractivity contribution is 0.103. The first kappa shape index (κ1) is 20.7. The SMILES string of the molecule is Cc1ccccc1-c1c(C(=O)c2ccccc2)c(C)c(C=O)c(C)c1C1=CCCC=N1. The lowest BCUT2D eigenvalue weighted by Crippen LogP contribution is -2.13. The molecule has 1 heterocycles. The summed E-state index contributed by atoms with van der Waals surface area (Å²) in [6.45, 7) is 5.87. The number of ketones is 1. The Morgan fingerprint density at radius 3 is 2.23 bits per heavy atom. The number of aryl methyl sites for hydroxylation is 1. The fourth-order valence-electron chi connectivity index (χ4n) is 4.36. The molecule has 154 valence electrons. The lowest BCUT2D eigenvalue weighted by atomic mass is 9.80. The van der Waals surface area contributed by atoms with Crippen molar-refractivity contribution in [3.05, 3.63) is 99.6 Å². The minimum atomic E-state index is -0.0823. The molecule has 3 aromatic rings. The van der Waals surface area contributed by atoms with Crippen molar-refractivity contribution in [3.8, 4) is 11.1 Å². The summed E-state index contributed by atoms with van der Waals surface area (Å²) in [6.07, 6.45) is 6.66. The zero-order chi connectivity index (χ0) is 22.0. The highest BCUT2D eigenvalue weighted by atomic mass is 16.1. The van der Waals surface area contributed by atoms with Crippen molar-refractivity contribution in [2.45, 2.75) is 33.6 Å². The van der Waals surface area contributed by atoms with E-state index in [4.69, 9.17) is 0 Å². The third kappa shape index (κ3) is 3.68. The van der Waals surface area contributed by atoms with Gasteiger partial charge in [0.25, 0.3) is 0 Å². The van der Waals surface area contributed by atoms with Crippen LogP contribution in [0.4, 0.5) is 0 Å². The highest BCUT2D eigenvalue weighted by Gasteiger charge is 2.27. The molecule has 0 bridgehead atoms. The van der Waals surface area contributed by atoms with Gasteiger partial charge < -0.3 is 0 Å². The highest BCUT2D eigenvalue weighted by Crippen LogP contribution is 2.41. The molecule has 31 heavy (non-hydrogen) atoms. The van der Waals surface area contributed by atoms with Crippen LogP contribution in [-0.4, -0.2) is 18.3 Å². The minimum Gasteiger partial charge on any atom is -0.298 e. The predicted octanol–water partition coefficient (Wildman–Crippen LogP) is 6.53. The molecule has 0 N–H and O–H groups in total. The van der Waals surface area contributed by atoms with Gasteiger partial charge >= 0.3 is 0 Å². The van der Waals surface area contributed by atoms with Crippen molar-refractivity contribution < 1.29 is 9.59 Å². The molecule has 0 aromatic heterocycles. The number of carbonyl (C=O) groups excluding carboxylic acids is 2. The number of nitrogens with zero attached hydrogens (tertiary/aromatic N) is 1. The Hall–Kier alpha value is -3.59. The van der Waals surface area contributed by atoms with Gasteiger partial charge in [-0.25, -0.2) is 0 Å². The van der Waals surface area contributed by atoms with Gasteiger partial charge in [0.2, 0.25) is 0 Å². The van der Waals surface area contributed by atoms with Gasteiger partial charge in [-0.1, -0.05) is 60.7 Å². The number of hydrogen-bond acceptors (Lipinski definition) is 3. The first-order valence-electron chi connectivity index (χ1n) is 10.6. The van der Waals surface area contributed by atoms with Crippen LogP contribution in [0.3, 0.4) is 0 Å². The summed E-state index contributed by atoms with van der Waals surface area (Å²) >= 11 is 0. The molecule has 0 fully saturated rings. The van der Waals surface area contributed by atoms with Crippen molar-refractivity contribution in [3.63, 3.8) is 0 Å². The molecule has 0 unspecified atom stereocenters. The lowest BCUT2D eigenvalue weighted by Gasteiger charge is -2.24. The smallest absolute Gasteiger partial charge is 0.193 e. The van der Waals surface area contributed by atoms with Crippen LogP contribution in [0.25, 0.3) is 16.8 Å². The van der Waals surface area contributed by atoms with Gasteiger partial charge in [0.15, 0.2) is 12.1 Å². The Morgan fingerprint density at radius 2 is 1.58 bits per heavy atom. The number of allylic oxidation sites excluding steroid dienone is 1. The summed E-state index contributed by atoms with van der Waals surface area (Å²) in [5.74, 6) is -0.0823. The Bertz CT molecular complexity index is 1230. The minimum absolute atomic E-state index is 0.0823. The van der Waals surface area contributed by atoms with Gasteiger partial charge in [0.1, 0.15) is 0 Å². The Kier molecular flexibility index (Phi) is 5.77. The van der Waals surface area contributed by atoms with Crippen molar-refractivity contribution in [1.82, 2.24) is 0 Å². The quantitative estimate of drug-likeness (QED) is 0.357. The first-order valence-corrected chi connectivity index (χ1v) is 10.6. The number of aliphatic imine (C=N–C) groups is 1. The predicted molar refractivity (Wildman–Crippen MR) is 127 cm³/mol. The number of aldehydes is 1. The summed E-state index contributed by atoms with van der Waals surface area (Å²) in [5.41, 5.74) is 7.93. The van der Waals surface area contributed by atoms with Gasteiger partial charge in [-0.15, -0.1) is 0 Å². The average molecular weight is 408 g/mol. The summed E-state index contributed by atoms with van der Waals surface area (Å²) in [6, 6.07) is 17.3. The summed E-state index contributed by atoms with van der Waals surface area (Å²) in [7, 11) is 0. The molecule has 3 aromatic carbocycles. The van der Waals surface area contributed by atoms with E-state index >= 15 is 0 Å². The Balaban J connectivity index is 2.16. The summed E-state index contributed by atoms with van der Waals surface area (Å²) in [5, 5.41) is 0. The van der Waals surface area contributed by atoms with E-state index in [1.807, 2.05) is 81.6 Å². The van der Waals surface area contributed by atoms with E-state index in [-0.39, 0.29) is 5.78 Å². The van der Waals surface area contributed by atoms with Crippen LogP contribution in [0.15, 0.2) is 65.7 Å². The van der Waals surface area contributed by atoms with Crippen molar-refractivity contribution in [1.29, 1.82) is 0 Å². The van der Waals surface area contributed by atoms with E-state index in [1.165, 1.54) is 0 Å². The standard InChI is InChI=1S/C28H25NO2/c1-18-11-7-8-14-22(18)27-25(24-15-9-10-16-29-24)19(2)23(17-30)20(3)26(27)28(31)21-12-5-4-6-13-21/h4-8,11-17H,9-10H2,1-3H3. The molecule has 0 spiro atoms. The average Bonchev–Trinajstić information content (AvgIpc) is 2.80. The second kappa shape index (κ2) is 8.65. The fraction of sp³-hybridized carbons (Fsp3) is 0.179. The Morgan fingerprint density at radius 1 is 0.871 bits per heavy atom.